The van der Waals surface area contributed by atoms with E-state index in [2.05, 4.69) is 11.6 Å². The number of ether oxygens (including phenoxy) is 2. The fraction of sp³-hybridized carbons (Fsp3) is 0.294. The highest BCUT2D eigenvalue weighted by atomic mass is 32.1. The van der Waals surface area contributed by atoms with Gasteiger partial charge in [-0.2, -0.15) is 4.99 Å². The van der Waals surface area contributed by atoms with E-state index < -0.39 is 17.5 Å². The minimum absolute atomic E-state index is 0.0144. The van der Waals surface area contributed by atoms with Crippen molar-refractivity contribution in [1.29, 1.82) is 0 Å². The van der Waals surface area contributed by atoms with Gasteiger partial charge in [0.1, 0.15) is 29.6 Å². The predicted octanol–water partition coefficient (Wildman–Crippen LogP) is 4.25. The van der Waals surface area contributed by atoms with Crippen LogP contribution in [0.5, 0.6) is 5.75 Å². The van der Waals surface area contributed by atoms with Gasteiger partial charge < -0.3 is 15.2 Å². The molecule has 0 saturated carbocycles. The molecule has 0 unspecified atom stereocenters. The Morgan fingerprint density at radius 2 is 2.12 bits per heavy atom. The summed E-state index contributed by atoms with van der Waals surface area (Å²) in [5, 5.41) is 0.695. The Bertz CT molecular complexity index is 806. The molecule has 0 fully saturated rings. The molecule has 0 bridgehead atoms. The molecule has 5 nitrogen and oxygen atoms in total. The topological polar surface area (TPSA) is 73.9 Å². The molecule has 1 amide bonds. The average molecular weight is 350 g/mol. The molecule has 24 heavy (non-hydrogen) atoms. The van der Waals surface area contributed by atoms with Crippen LogP contribution in [0.25, 0.3) is 10.1 Å². The van der Waals surface area contributed by atoms with Crippen LogP contribution in [0.3, 0.4) is 0 Å². The van der Waals surface area contributed by atoms with Gasteiger partial charge in [-0.15, -0.1) is 11.3 Å². The molecule has 0 atom stereocenters. The fourth-order valence-electron chi connectivity index (χ4n) is 1.91. The Hall–Kier alpha value is -2.41. The molecule has 2 N–H and O–H groups in total. The number of hydrogen-bond acceptors (Lipinski definition) is 4. The first-order chi connectivity index (χ1) is 11.2. The molecule has 0 aliphatic carbocycles. The summed E-state index contributed by atoms with van der Waals surface area (Å²) in [4.78, 5) is 16.0. The van der Waals surface area contributed by atoms with Gasteiger partial charge >= 0.3 is 6.09 Å². The van der Waals surface area contributed by atoms with Gasteiger partial charge in [0, 0.05) is 16.2 Å². The fourth-order valence-corrected chi connectivity index (χ4v) is 2.91. The summed E-state index contributed by atoms with van der Waals surface area (Å²) in [5.41, 5.74) is 5.22. The number of nitrogens with two attached hydrogens (primary N) is 1. The molecule has 1 heterocycles. The maximum atomic E-state index is 13.7. The Morgan fingerprint density at radius 3 is 2.75 bits per heavy atom. The number of nitrogens with zero attached hydrogens (tertiary/aromatic N) is 1. The van der Waals surface area contributed by atoms with Crippen molar-refractivity contribution in [2.24, 2.45) is 10.7 Å². The lowest BCUT2D eigenvalue weighted by Gasteiger charge is -2.17. The largest absolute Gasteiger partial charge is 0.489 e. The summed E-state index contributed by atoms with van der Waals surface area (Å²) in [7, 11) is 0. The summed E-state index contributed by atoms with van der Waals surface area (Å²) in [5.74, 6) is -0.0180. The number of aliphatic imine (C=N–C) groups is 1. The molecule has 2 rings (SSSR count). The second-order valence-electron chi connectivity index (χ2n) is 6.00. The zero-order chi connectivity index (χ0) is 17.9. The predicted molar refractivity (Wildman–Crippen MR) is 94.4 cm³/mol. The highest BCUT2D eigenvalue weighted by Gasteiger charge is 2.17. The molecule has 0 aliphatic heterocycles. The van der Waals surface area contributed by atoms with Crippen molar-refractivity contribution in [3.05, 3.63) is 41.5 Å². The first-order valence-electron chi connectivity index (χ1n) is 7.24. The molecule has 0 saturated heterocycles. The van der Waals surface area contributed by atoms with Gasteiger partial charge in [0.05, 0.1) is 4.88 Å². The van der Waals surface area contributed by atoms with Crippen molar-refractivity contribution >= 4 is 33.4 Å². The molecule has 7 heteroatoms. The quantitative estimate of drug-likeness (QED) is 0.508. The number of fused-ring (bicyclic) bond motifs is 1. The highest BCUT2D eigenvalue weighted by Crippen LogP contribution is 2.34. The van der Waals surface area contributed by atoms with Crippen LogP contribution in [0.4, 0.5) is 9.18 Å². The standard InChI is InChI=1S/C17H19FN2O3S/c1-5-6-22-12-7-10(18)8-13-11(12)9-14(24-13)15(19)20-16(21)23-17(2,3)4/h5,7-9H,1,6H2,2-4H3,(H2,19,20,21). The number of carbonyl (C=O) groups is 1. The summed E-state index contributed by atoms with van der Waals surface area (Å²) in [6.45, 7) is 9.04. The number of halogens is 1. The van der Waals surface area contributed by atoms with Gasteiger partial charge in [0.2, 0.25) is 0 Å². The number of rotatable bonds is 4. The number of carbonyl (C=O) groups excluding carboxylic acids is 1. The summed E-state index contributed by atoms with van der Waals surface area (Å²) < 4.78 is 24.9. The van der Waals surface area contributed by atoms with E-state index >= 15 is 0 Å². The Labute approximate surface area is 143 Å². The molecular formula is C17H19FN2O3S. The second kappa shape index (κ2) is 7.00. The number of amides is 1. The minimum atomic E-state index is -0.772. The van der Waals surface area contributed by atoms with Gasteiger partial charge in [0.15, 0.2) is 0 Å². The number of amidine groups is 1. The number of thiophene rings is 1. The zero-order valence-corrected chi connectivity index (χ0v) is 14.6. The SMILES string of the molecule is C=CCOc1cc(F)cc2sc(/C(N)=N\C(=O)OC(C)(C)C)cc12. The Kier molecular flexibility index (Phi) is 5.23. The van der Waals surface area contributed by atoms with E-state index in [-0.39, 0.29) is 12.4 Å². The molecule has 2 aromatic rings. The van der Waals surface area contributed by atoms with Crippen molar-refractivity contribution in [3.8, 4) is 5.75 Å². The third-order valence-electron chi connectivity index (χ3n) is 2.78. The van der Waals surface area contributed by atoms with Gasteiger partial charge in [-0.05, 0) is 32.9 Å². The van der Waals surface area contributed by atoms with Crippen LogP contribution in [0.2, 0.25) is 0 Å². The van der Waals surface area contributed by atoms with Crippen molar-refractivity contribution in [2.75, 3.05) is 6.61 Å². The Balaban J connectivity index is 2.36. The first kappa shape index (κ1) is 17.9. The molecule has 128 valence electrons. The van der Waals surface area contributed by atoms with E-state index in [1.54, 1.807) is 32.9 Å². The third-order valence-corrected chi connectivity index (χ3v) is 3.88. The maximum Gasteiger partial charge on any atom is 0.436 e. The molecule has 1 aromatic heterocycles. The van der Waals surface area contributed by atoms with Crippen LogP contribution < -0.4 is 10.5 Å². The minimum Gasteiger partial charge on any atom is -0.489 e. The summed E-state index contributed by atoms with van der Waals surface area (Å²) >= 11 is 1.22. The van der Waals surface area contributed by atoms with Crippen molar-refractivity contribution in [1.82, 2.24) is 0 Å². The lowest BCUT2D eigenvalue weighted by molar-refractivity contribution is 0.0604. The Morgan fingerprint density at radius 1 is 1.42 bits per heavy atom. The van der Waals surface area contributed by atoms with Crippen LogP contribution in [-0.4, -0.2) is 24.1 Å². The van der Waals surface area contributed by atoms with E-state index in [1.165, 1.54) is 23.5 Å². The number of benzene rings is 1. The number of hydrogen-bond donors (Lipinski definition) is 1. The van der Waals surface area contributed by atoms with Crippen molar-refractivity contribution < 1.29 is 18.7 Å². The normalized spacial score (nSPS) is 12.2. The zero-order valence-electron chi connectivity index (χ0n) is 13.8. The lowest BCUT2D eigenvalue weighted by Crippen LogP contribution is -2.24. The maximum absolute atomic E-state index is 13.7. The molecule has 0 spiro atoms. The van der Waals surface area contributed by atoms with Gasteiger partial charge in [-0.1, -0.05) is 12.7 Å². The summed E-state index contributed by atoms with van der Waals surface area (Å²) in [6, 6.07) is 4.38. The average Bonchev–Trinajstić information content (AvgIpc) is 2.86. The van der Waals surface area contributed by atoms with E-state index in [9.17, 15) is 9.18 Å². The smallest absolute Gasteiger partial charge is 0.436 e. The van der Waals surface area contributed by atoms with E-state index in [0.717, 1.165) is 0 Å². The van der Waals surface area contributed by atoms with Crippen LogP contribution >= 0.6 is 11.3 Å². The summed E-state index contributed by atoms with van der Waals surface area (Å²) in [6.07, 6.45) is 0.800. The molecule has 0 aliphatic rings. The van der Waals surface area contributed by atoms with Crippen molar-refractivity contribution in [3.63, 3.8) is 0 Å². The third kappa shape index (κ3) is 4.55. The molecular weight excluding hydrogens is 331 g/mol. The van der Waals surface area contributed by atoms with Crippen molar-refractivity contribution in [2.45, 2.75) is 26.4 Å². The van der Waals surface area contributed by atoms with E-state index in [0.29, 0.717) is 20.7 Å². The van der Waals surface area contributed by atoms with Gasteiger partial charge in [-0.25, -0.2) is 9.18 Å². The molecule has 0 radical (unpaired) electrons. The van der Waals surface area contributed by atoms with Gasteiger partial charge in [0.25, 0.3) is 0 Å². The lowest BCUT2D eigenvalue weighted by atomic mass is 10.2. The van der Waals surface area contributed by atoms with Crippen LogP contribution in [-0.2, 0) is 4.74 Å². The van der Waals surface area contributed by atoms with E-state index in [1.807, 2.05) is 0 Å². The van der Waals surface area contributed by atoms with Crippen LogP contribution in [0.15, 0.2) is 35.8 Å². The van der Waals surface area contributed by atoms with E-state index in [4.69, 9.17) is 15.2 Å². The highest BCUT2D eigenvalue weighted by molar-refractivity contribution is 7.21. The van der Waals surface area contributed by atoms with Crippen LogP contribution in [0, 0.1) is 5.82 Å². The first-order valence-corrected chi connectivity index (χ1v) is 8.05. The van der Waals surface area contributed by atoms with Crippen LogP contribution in [0.1, 0.15) is 25.6 Å². The molecule has 1 aromatic carbocycles. The van der Waals surface area contributed by atoms with Gasteiger partial charge in [-0.3, -0.25) is 0 Å². The monoisotopic (exact) mass is 350 g/mol. The second-order valence-corrected chi connectivity index (χ2v) is 7.09.